The van der Waals surface area contributed by atoms with Gasteiger partial charge >= 0.3 is 0 Å². The maximum atomic E-state index is 12.4. The second-order valence-corrected chi connectivity index (χ2v) is 9.04. The SMILES string of the molecule is Cc1cccc(C)c1NC(=O)CNC(=O)CSc1nc2ccccc2n1CCC(C)C. The Morgan fingerprint density at radius 2 is 1.74 bits per heavy atom. The third-order valence-corrected chi connectivity index (χ3v) is 6.05. The lowest BCUT2D eigenvalue weighted by molar-refractivity contribution is -0.122. The highest BCUT2D eigenvalue weighted by atomic mass is 32.2. The number of hydrogen-bond acceptors (Lipinski definition) is 4. The maximum absolute atomic E-state index is 12.4. The van der Waals surface area contributed by atoms with E-state index >= 15 is 0 Å². The second-order valence-electron chi connectivity index (χ2n) is 8.10. The van der Waals surface area contributed by atoms with Gasteiger partial charge < -0.3 is 15.2 Å². The number of thioether (sulfide) groups is 1. The fourth-order valence-corrected chi connectivity index (χ4v) is 4.19. The van der Waals surface area contributed by atoms with Crippen LogP contribution in [0.25, 0.3) is 11.0 Å². The minimum absolute atomic E-state index is 0.0586. The molecule has 1 heterocycles. The fourth-order valence-electron chi connectivity index (χ4n) is 3.32. The zero-order valence-electron chi connectivity index (χ0n) is 18.6. The van der Waals surface area contributed by atoms with E-state index in [-0.39, 0.29) is 24.1 Å². The molecule has 0 bridgehead atoms. The number of para-hydroxylation sites is 3. The molecule has 1 aromatic heterocycles. The van der Waals surface area contributed by atoms with Crippen molar-refractivity contribution < 1.29 is 9.59 Å². The highest BCUT2D eigenvalue weighted by molar-refractivity contribution is 7.99. The van der Waals surface area contributed by atoms with Crippen LogP contribution in [0, 0.1) is 19.8 Å². The Kier molecular flexibility index (Phi) is 7.74. The summed E-state index contributed by atoms with van der Waals surface area (Å²) in [4.78, 5) is 29.3. The summed E-state index contributed by atoms with van der Waals surface area (Å²) in [7, 11) is 0. The Hall–Kier alpha value is -2.80. The first-order valence-electron chi connectivity index (χ1n) is 10.6. The third kappa shape index (κ3) is 6.10. The van der Waals surface area contributed by atoms with Crippen molar-refractivity contribution in [2.45, 2.75) is 45.8 Å². The van der Waals surface area contributed by atoms with Crippen LogP contribution in [0.15, 0.2) is 47.6 Å². The van der Waals surface area contributed by atoms with Gasteiger partial charge in [-0.1, -0.05) is 55.9 Å². The van der Waals surface area contributed by atoms with Gasteiger partial charge in [-0.05, 0) is 49.4 Å². The highest BCUT2D eigenvalue weighted by Crippen LogP contribution is 2.25. The highest BCUT2D eigenvalue weighted by Gasteiger charge is 2.14. The fraction of sp³-hybridized carbons (Fsp3) is 0.375. The number of hydrogen-bond donors (Lipinski definition) is 2. The van der Waals surface area contributed by atoms with Crippen LogP contribution in [0.3, 0.4) is 0 Å². The minimum Gasteiger partial charge on any atom is -0.346 e. The average Bonchev–Trinajstić information content (AvgIpc) is 3.09. The Morgan fingerprint density at radius 1 is 1.03 bits per heavy atom. The smallest absolute Gasteiger partial charge is 0.243 e. The molecule has 6 nitrogen and oxygen atoms in total. The van der Waals surface area contributed by atoms with E-state index in [4.69, 9.17) is 4.98 Å². The molecule has 0 aliphatic carbocycles. The Labute approximate surface area is 187 Å². The predicted molar refractivity (Wildman–Crippen MR) is 127 cm³/mol. The molecule has 2 aromatic carbocycles. The first kappa shape index (κ1) is 22.9. The number of aryl methyl sites for hydroxylation is 3. The molecule has 0 aliphatic rings. The summed E-state index contributed by atoms with van der Waals surface area (Å²) in [5.74, 6) is 0.364. The molecule has 0 aliphatic heterocycles. The van der Waals surface area contributed by atoms with Crippen LogP contribution in [0.4, 0.5) is 5.69 Å². The van der Waals surface area contributed by atoms with Crippen LogP contribution in [0.2, 0.25) is 0 Å². The molecular formula is C24H30N4O2S. The molecule has 0 saturated heterocycles. The Morgan fingerprint density at radius 3 is 2.45 bits per heavy atom. The van der Waals surface area contributed by atoms with Crippen molar-refractivity contribution in [3.05, 3.63) is 53.6 Å². The van der Waals surface area contributed by atoms with E-state index < -0.39 is 0 Å². The van der Waals surface area contributed by atoms with Crippen LogP contribution >= 0.6 is 11.8 Å². The normalized spacial score (nSPS) is 11.1. The van der Waals surface area contributed by atoms with Crippen molar-refractivity contribution in [2.75, 3.05) is 17.6 Å². The first-order chi connectivity index (χ1) is 14.8. The second kappa shape index (κ2) is 10.5. The summed E-state index contributed by atoms with van der Waals surface area (Å²) in [5.41, 5.74) is 4.81. The predicted octanol–water partition coefficient (Wildman–Crippen LogP) is 4.55. The molecule has 31 heavy (non-hydrogen) atoms. The van der Waals surface area contributed by atoms with Gasteiger partial charge in [0.15, 0.2) is 5.16 Å². The Bertz CT molecular complexity index is 1050. The topological polar surface area (TPSA) is 76.0 Å². The maximum Gasteiger partial charge on any atom is 0.243 e. The molecule has 164 valence electrons. The van der Waals surface area contributed by atoms with Gasteiger partial charge in [0.25, 0.3) is 0 Å². The van der Waals surface area contributed by atoms with E-state index in [1.54, 1.807) is 0 Å². The number of aromatic nitrogens is 2. The molecule has 3 rings (SSSR count). The summed E-state index contributed by atoms with van der Waals surface area (Å²) in [6.07, 6.45) is 1.04. The van der Waals surface area contributed by atoms with E-state index in [2.05, 4.69) is 35.1 Å². The number of imidazole rings is 1. The monoisotopic (exact) mass is 438 g/mol. The largest absolute Gasteiger partial charge is 0.346 e. The van der Waals surface area contributed by atoms with Crippen LogP contribution in [0.1, 0.15) is 31.4 Å². The molecule has 3 aromatic rings. The quantitative estimate of drug-likeness (QED) is 0.481. The van der Waals surface area contributed by atoms with Gasteiger partial charge in [-0.3, -0.25) is 9.59 Å². The van der Waals surface area contributed by atoms with Gasteiger partial charge in [-0.15, -0.1) is 0 Å². The number of amides is 2. The van der Waals surface area contributed by atoms with Gasteiger partial charge in [-0.2, -0.15) is 0 Å². The zero-order valence-corrected chi connectivity index (χ0v) is 19.4. The molecule has 2 amide bonds. The summed E-state index contributed by atoms with van der Waals surface area (Å²) in [6.45, 7) is 9.09. The lowest BCUT2D eigenvalue weighted by Crippen LogP contribution is -2.34. The molecule has 0 unspecified atom stereocenters. The number of carbonyl (C=O) groups is 2. The van der Waals surface area contributed by atoms with Crippen LogP contribution < -0.4 is 10.6 Å². The minimum atomic E-state index is -0.236. The zero-order chi connectivity index (χ0) is 22.4. The van der Waals surface area contributed by atoms with E-state index in [0.717, 1.165) is 46.0 Å². The number of benzene rings is 2. The lowest BCUT2D eigenvalue weighted by atomic mass is 10.1. The van der Waals surface area contributed by atoms with Gasteiger partial charge in [0, 0.05) is 12.2 Å². The average molecular weight is 439 g/mol. The van der Waals surface area contributed by atoms with Crippen molar-refractivity contribution in [1.29, 1.82) is 0 Å². The molecular weight excluding hydrogens is 408 g/mol. The molecule has 2 N–H and O–H groups in total. The number of nitrogens with one attached hydrogen (secondary N) is 2. The van der Waals surface area contributed by atoms with E-state index in [1.807, 2.05) is 50.2 Å². The third-order valence-electron chi connectivity index (χ3n) is 5.07. The van der Waals surface area contributed by atoms with Crippen molar-refractivity contribution in [1.82, 2.24) is 14.9 Å². The van der Waals surface area contributed by atoms with Crippen molar-refractivity contribution >= 4 is 40.3 Å². The molecule has 0 saturated carbocycles. The van der Waals surface area contributed by atoms with E-state index in [1.165, 1.54) is 11.8 Å². The van der Waals surface area contributed by atoms with Gasteiger partial charge in [-0.25, -0.2) is 4.98 Å². The molecule has 0 atom stereocenters. The van der Waals surface area contributed by atoms with E-state index in [0.29, 0.717) is 5.92 Å². The van der Waals surface area contributed by atoms with Gasteiger partial charge in [0.2, 0.25) is 11.8 Å². The summed E-state index contributed by atoms with van der Waals surface area (Å²) in [6, 6.07) is 13.9. The number of nitrogens with zero attached hydrogens (tertiary/aromatic N) is 2. The van der Waals surface area contributed by atoms with Crippen LogP contribution in [0.5, 0.6) is 0 Å². The molecule has 0 radical (unpaired) electrons. The van der Waals surface area contributed by atoms with Crippen LogP contribution in [-0.4, -0.2) is 33.7 Å². The molecule has 0 fully saturated rings. The number of carbonyl (C=O) groups excluding carboxylic acids is 2. The number of rotatable bonds is 9. The Balaban J connectivity index is 1.56. The van der Waals surface area contributed by atoms with Crippen molar-refractivity contribution in [2.24, 2.45) is 5.92 Å². The summed E-state index contributed by atoms with van der Waals surface area (Å²) >= 11 is 1.40. The van der Waals surface area contributed by atoms with Gasteiger partial charge in [0.05, 0.1) is 23.3 Å². The first-order valence-corrected chi connectivity index (χ1v) is 11.5. The lowest BCUT2D eigenvalue weighted by Gasteiger charge is -2.12. The summed E-state index contributed by atoms with van der Waals surface area (Å²) < 4.78 is 2.18. The summed E-state index contributed by atoms with van der Waals surface area (Å²) in [5, 5.41) is 6.42. The molecule has 0 spiro atoms. The number of anilines is 1. The molecule has 7 heteroatoms. The van der Waals surface area contributed by atoms with Crippen molar-refractivity contribution in [3.8, 4) is 0 Å². The van der Waals surface area contributed by atoms with E-state index in [9.17, 15) is 9.59 Å². The van der Waals surface area contributed by atoms with Gasteiger partial charge in [0.1, 0.15) is 0 Å². The standard InChI is InChI=1S/C24H30N4O2S/c1-16(2)12-13-28-20-11-6-5-10-19(20)26-24(28)31-15-22(30)25-14-21(29)27-23-17(3)8-7-9-18(23)4/h5-11,16H,12-15H2,1-4H3,(H,25,30)(H,27,29). The van der Waals surface area contributed by atoms with Crippen molar-refractivity contribution in [3.63, 3.8) is 0 Å². The van der Waals surface area contributed by atoms with Crippen LogP contribution in [-0.2, 0) is 16.1 Å². The number of fused-ring (bicyclic) bond motifs is 1.